The summed E-state index contributed by atoms with van der Waals surface area (Å²) in [7, 11) is -4.39. The minimum atomic E-state index is -4.39. The summed E-state index contributed by atoms with van der Waals surface area (Å²) in [5.74, 6) is -2.74. The summed E-state index contributed by atoms with van der Waals surface area (Å²) in [6.07, 6.45) is 7.39. The van der Waals surface area contributed by atoms with Gasteiger partial charge in [-0.25, -0.2) is 23.5 Å². The second-order valence-corrected chi connectivity index (χ2v) is 19.2. The second-order valence-electron chi connectivity index (χ2n) is 15.8. The molecular weight excluding hydrogens is 797 g/mol. The van der Waals surface area contributed by atoms with Crippen molar-refractivity contribution in [3.8, 4) is 5.88 Å². The van der Waals surface area contributed by atoms with Crippen molar-refractivity contribution in [3.63, 3.8) is 0 Å². The van der Waals surface area contributed by atoms with Crippen molar-refractivity contribution in [1.29, 1.82) is 0 Å². The first-order valence-corrected chi connectivity index (χ1v) is 22.1. The van der Waals surface area contributed by atoms with Crippen LogP contribution in [0.1, 0.15) is 101 Å². The molecule has 0 radical (unpaired) electrons. The summed E-state index contributed by atoms with van der Waals surface area (Å²) in [6.45, 7) is 1.94. The zero-order valence-corrected chi connectivity index (χ0v) is 33.5. The molecule has 1 aromatic heterocycles. The van der Waals surface area contributed by atoms with Gasteiger partial charge in [0.05, 0.1) is 34.8 Å². The van der Waals surface area contributed by atoms with Gasteiger partial charge in [-0.3, -0.25) is 14.2 Å². The Morgan fingerprint density at radius 3 is 2.44 bits per heavy atom. The first-order valence-electron chi connectivity index (χ1n) is 19.5. The Morgan fingerprint density at radius 2 is 1.69 bits per heavy atom. The molecule has 2 N–H and O–H groups in total. The van der Waals surface area contributed by atoms with Gasteiger partial charge in [0.1, 0.15) is 36.2 Å². The molecule has 0 spiro atoms. The topological polar surface area (TPSA) is 148 Å². The van der Waals surface area contributed by atoms with Crippen LogP contribution in [0.25, 0.3) is 10.9 Å². The molecule has 2 amide bonds. The number of nitrogens with one attached hydrogen (secondary N) is 1. The van der Waals surface area contributed by atoms with Crippen molar-refractivity contribution in [1.82, 2.24) is 20.2 Å². The van der Waals surface area contributed by atoms with Crippen molar-refractivity contribution in [2.45, 2.75) is 132 Å². The molecule has 2 aliphatic heterocycles. The Labute approximate surface area is 327 Å². The van der Waals surface area contributed by atoms with Gasteiger partial charge in [-0.05, 0) is 97.5 Å². The molecule has 7 rings (SSSR count). The normalized spacial score (nSPS) is 27.8. The van der Waals surface area contributed by atoms with E-state index in [0.717, 1.165) is 73.5 Å². The van der Waals surface area contributed by atoms with Gasteiger partial charge in [-0.2, -0.15) is 0 Å². The van der Waals surface area contributed by atoms with Crippen LogP contribution in [-0.4, -0.2) is 73.5 Å². The fraction of sp³-hybridized carbons (Fsp3) is 0.575. The third kappa shape index (κ3) is 8.47. The molecule has 55 heavy (non-hydrogen) atoms. The first-order chi connectivity index (χ1) is 26.4. The molecule has 296 valence electrons. The highest BCUT2D eigenvalue weighted by molar-refractivity contribution is 9.10. The monoisotopic (exact) mass is 844 g/mol. The minimum Gasteiger partial charge on any atom is -0.472 e. The molecular formula is C40H48BrF2N4O7P. The van der Waals surface area contributed by atoms with Gasteiger partial charge in [0.15, 0.2) is 5.78 Å². The highest BCUT2D eigenvalue weighted by Gasteiger charge is 2.66. The molecule has 3 aromatic rings. The van der Waals surface area contributed by atoms with Crippen molar-refractivity contribution in [3.05, 3.63) is 63.9 Å². The van der Waals surface area contributed by atoms with Crippen LogP contribution >= 0.6 is 23.3 Å². The molecule has 4 aliphatic rings. The Bertz CT molecular complexity index is 1980. The molecule has 6 atom stereocenters. The smallest absolute Gasteiger partial charge is 0.408 e. The largest absolute Gasteiger partial charge is 0.472 e. The third-order valence-corrected chi connectivity index (χ3v) is 16.0. The van der Waals surface area contributed by atoms with E-state index < -0.39 is 71.9 Å². The average Bonchev–Trinajstić information content (AvgIpc) is 3.42. The highest BCUT2D eigenvalue weighted by Crippen LogP contribution is 2.75. The summed E-state index contributed by atoms with van der Waals surface area (Å²) < 4.78 is 56.9. The Morgan fingerprint density at radius 1 is 1.00 bits per heavy atom. The molecule has 2 saturated carbocycles. The van der Waals surface area contributed by atoms with Crippen LogP contribution in [0, 0.1) is 24.5 Å². The van der Waals surface area contributed by atoms with Crippen LogP contribution in [0.4, 0.5) is 13.6 Å². The molecule has 2 saturated heterocycles. The van der Waals surface area contributed by atoms with Crippen molar-refractivity contribution < 1.29 is 42.1 Å². The number of carbonyl (C=O) groups is 3. The van der Waals surface area contributed by atoms with Crippen molar-refractivity contribution >= 4 is 52.0 Å². The maximum atomic E-state index is 14.8. The molecule has 3 heterocycles. The number of amides is 2. The number of benzene rings is 2. The Hall–Kier alpha value is -3.48. The molecule has 2 unspecified atom stereocenters. The summed E-state index contributed by atoms with van der Waals surface area (Å²) in [6, 6.07) is 5.04. The molecule has 11 nitrogen and oxygen atoms in total. The van der Waals surface area contributed by atoms with Crippen molar-refractivity contribution in [2.75, 3.05) is 6.54 Å². The number of alkyl carbamates (subject to hydrolysis) is 1. The maximum absolute atomic E-state index is 14.8. The van der Waals surface area contributed by atoms with E-state index in [9.17, 15) is 32.6 Å². The van der Waals surface area contributed by atoms with E-state index in [0.29, 0.717) is 30.2 Å². The number of fused-ring (bicyclic) bond motifs is 3. The number of Topliss-reactive ketones (excluding diaryl/α,β-unsaturated/α-hetero) is 1. The number of rotatable bonds is 7. The summed E-state index contributed by atoms with van der Waals surface area (Å²) in [4.78, 5) is 64.3. The molecule has 4 fully saturated rings. The predicted molar refractivity (Wildman–Crippen MR) is 205 cm³/mol. The van der Waals surface area contributed by atoms with Crippen molar-refractivity contribution in [2.24, 2.45) is 5.92 Å². The zero-order chi connectivity index (χ0) is 38.9. The molecule has 15 heteroatoms. The fourth-order valence-electron chi connectivity index (χ4n) is 8.90. The number of ether oxygens (including phenoxy) is 2. The fourth-order valence-corrected chi connectivity index (χ4v) is 12.0. The molecule has 2 aromatic carbocycles. The standard InChI is InChI=1S/C40H48BrF2N4O7P/c1-24-16-17-28-36(35(24)41)44-23-45-37(28)53-27-18-33-34(48)20-40(55(51,52)22-29-30(42)13-9-14-31(29)43)19-25(40)10-5-3-2-4-6-15-32(38(49)47(33)21-27)46-39(50)54-26-11-7-8-12-26/h9,13-14,16-17,23,25-27,32-33H,2-8,10-12,15,18-22H2,1H3,(H,46,50)(H,51,52)/t25-,27?,32+,33+,40-/m1/s1. The Balaban J connectivity index is 1.20. The number of aromatic nitrogens is 2. The summed E-state index contributed by atoms with van der Waals surface area (Å²) in [5.41, 5.74) is 1.14. The van der Waals surface area contributed by atoms with Crippen LogP contribution in [0.15, 0.2) is 41.1 Å². The SMILES string of the molecule is Cc1ccc2c(OC3C[C@H]4C(=O)C[C@]5(P(=O)(O)Cc6c(F)cccc6F)C[C@H]5CCCCCCC[C@H](NC(=O)OC5CCCC5)C(=O)N4C3)ncnc2c1Br. The molecule has 2 aliphatic carbocycles. The number of hydrogen-bond donors (Lipinski definition) is 2. The van der Waals surface area contributed by atoms with E-state index in [1.54, 1.807) is 0 Å². The number of aryl methyl sites for hydroxylation is 1. The van der Waals surface area contributed by atoms with E-state index in [2.05, 4.69) is 31.2 Å². The lowest BCUT2D eigenvalue weighted by Gasteiger charge is -2.30. The number of halogens is 3. The average molecular weight is 846 g/mol. The van der Waals surface area contributed by atoms with Crippen LogP contribution in [0.5, 0.6) is 5.88 Å². The second kappa shape index (κ2) is 16.5. The van der Waals surface area contributed by atoms with Gasteiger partial charge < -0.3 is 24.6 Å². The van der Waals surface area contributed by atoms with Crippen LogP contribution in [-0.2, 0) is 25.1 Å². The van der Waals surface area contributed by atoms with Gasteiger partial charge in [0, 0.05) is 22.9 Å². The first kappa shape index (κ1) is 39.7. The summed E-state index contributed by atoms with van der Waals surface area (Å²) >= 11 is 3.59. The lowest BCUT2D eigenvalue weighted by Crippen LogP contribution is -2.52. The van der Waals surface area contributed by atoms with Crippen LogP contribution in [0.3, 0.4) is 0 Å². The van der Waals surface area contributed by atoms with E-state index in [-0.39, 0.29) is 43.7 Å². The Kier molecular flexibility index (Phi) is 12.0. The van der Waals surface area contributed by atoms with Gasteiger partial charge in [-0.15, -0.1) is 0 Å². The number of ketones is 1. The molecule has 0 bridgehead atoms. The van der Waals surface area contributed by atoms with Crippen LogP contribution in [0.2, 0.25) is 0 Å². The van der Waals surface area contributed by atoms with E-state index in [1.165, 1.54) is 17.3 Å². The third-order valence-electron chi connectivity index (χ3n) is 12.1. The number of nitrogens with zero attached hydrogens (tertiary/aromatic N) is 3. The van der Waals surface area contributed by atoms with Gasteiger partial charge in [0.2, 0.25) is 19.2 Å². The van der Waals surface area contributed by atoms with E-state index in [4.69, 9.17) is 9.47 Å². The quantitative estimate of drug-likeness (QED) is 0.224. The van der Waals surface area contributed by atoms with E-state index >= 15 is 0 Å². The predicted octanol–water partition coefficient (Wildman–Crippen LogP) is 8.30. The van der Waals surface area contributed by atoms with Crippen LogP contribution < -0.4 is 10.1 Å². The number of carbonyl (C=O) groups excluding carboxylic acids is 3. The minimum absolute atomic E-state index is 0.00271. The van der Waals surface area contributed by atoms with Gasteiger partial charge >= 0.3 is 6.09 Å². The highest BCUT2D eigenvalue weighted by atomic mass is 79.9. The number of hydrogen-bond acceptors (Lipinski definition) is 8. The maximum Gasteiger partial charge on any atom is 0.408 e. The lowest BCUT2D eigenvalue weighted by atomic mass is 10.0. The van der Waals surface area contributed by atoms with Gasteiger partial charge in [0.25, 0.3) is 0 Å². The lowest BCUT2D eigenvalue weighted by molar-refractivity contribution is -0.139. The summed E-state index contributed by atoms with van der Waals surface area (Å²) in [5, 5.41) is 2.07. The van der Waals surface area contributed by atoms with E-state index in [1.807, 2.05) is 19.1 Å². The zero-order valence-electron chi connectivity index (χ0n) is 31.0. The van der Waals surface area contributed by atoms with Gasteiger partial charge in [-0.1, -0.05) is 44.2 Å².